The summed E-state index contributed by atoms with van der Waals surface area (Å²) in [4.78, 5) is 34.6. The molecule has 0 aliphatic rings. The van der Waals surface area contributed by atoms with E-state index in [1.54, 1.807) is 0 Å². The standard InChI is InChI=1S/C22H17N5O5/c28-21(23-20-7-3-5-15-4-1-2-6-19(15)20)13-26-12-17(24-25-26)14-32-22(29)16-8-10-18(11-9-16)27(30)31/h1-12H,13-14H2,(H,23,28). The van der Waals surface area contributed by atoms with E-state index in [0.29, 0.717) is 11.4 Å². The summed E-state index contributed by atoms with van der Waals surface area (Å²) in [7, 11) is 0. The molecule has 0 bridgehead atoms. The molecule has 0 unspecified atom stereocenters. The van der Waals surface area contributed by atoms with E-state index in [9.17, 15) is 19.7 Å². The summed E-state index contributed by atoms with van der Waals surface area (Å²) < 4.78 is 6.49. The van der Waals surface area contributed by atoms with Crippen LogP contribution >= 0.6 is 0 Å². The number of nitrogens with zero attached hydrogens (tertiary/aromatic N) is 4. The molecule has 3 aromatic carbocycles. The van der Waals surface area contributed by atoms with Gasteiger partial charge in [0, 0.05) is 23.2 Å². The van der Waals surface area contributed by atoms with Crippen LogP contribution in [0.3, 0.4) is 0 Å². The minimum absolute atomic E-state index is 0.0630. The number of nitro benzene ring substituents is 1. The van der Waals surface area contributed by atoms with Crippen LogP contribution in [0.4, 0.5) is 11.4 Å². The van der Waals surface area contributed by atoms with Gasteiger partial charge in [-0.05, 0) is 23.6 Å². The molecule has 160 valence electrons. The molecule has 0 radical (unpaired) electrons. The van der Waals surface area contributed by atoms with Crippen molar-refractivity contribution in [1.82, 2.24) is 15.0 Å². The zero-order chi connectivity index (χ0) is 22.5. The molecular weight excluding hydrogens is 414 g/mol. The lowest BCUT2D eigenvalue weighted by atomic mass is 10.1. The Kier molecular flexibility index (Phi) is 5.84. The Morgan fingerprint density at radius 3 is 2.56 bits per heavy atom. The zero-order valence-corrected chi connectivity index (χ0v) is 16.7. The fourth-order valence-corrected chi connectivity index (χ4v) is 3.10. The molecule has 1 amide bonds. The molecule has 10 nitrogen and oxygen atoms in total. The van der Waals surface area contributed by atoms with E-state index in [2.05, 4.69) is 15.6 Å². The summed E-state index contributed by atoms with van der Waals surface area (Å²) in [5, 5.41) is 23.3. The van der Waals surface area contributed by atoms with E-state index < -0.39 is 10.9 Å². The van der Waals surface area contributed by atoms with Crippen LogP contribution in [0.15, 0.2) is 72.9 Å². The third-order valence-corrected chi connectivity index (χ3v) is 4.62. The average molecular weight is 431 g/mol. The summed E-state index contributed by atoms with van der Waals surface area (Å²) in [6, 6.07) is 18.5. The van der Waals surface area contributed by atoms with Crippen LogP contribution in [0.1, 0.15) is 16.1 Å². The first kappa shape index (κ1) is 20.7. The molecule has 0 atom stereocenters. The van der Waals surface area contributed by atoms with Crippen LogP contribution in [0.25, 0.3) is 10.8 Å². The summed E-state index contributed by atoms with van der Waals surface area (Å²) in [5.74, 6) is -0.927. The van der Waals surface area contributed by atoms with Crippen molar-refractivity contribution in [3.05, 3.63) is 94.3 Å². The molecular formula is C22H17N5O5. The monoisotopic (exact) mass is 431 g/mol. The van der Waals surface area contributed by atoms with Crippen molar-refractivity contribution in [2.45, 2.75) is 13.2 Å². The van der Waals surface area contributed by atoms with Gasteiger partial charge < -0.3 is 10.1 Å². The normalized spacial score (nSPS) is 10.6. The number of carbonyl (C=O) groups excluding carboxylic acids is 2. The molecule has 0 spiro atoms. The van der Waals surface area contributed by atoms with Gasteiger partial charge in [-0.25, -0.2) is 9.48 Å². The molecule has 0 saturated heterocycles. The number of fused-ring (bicyclic) bond motifs is 1. The number of aromatic nitrogens is 3. The van der Waals surface area contributed by atoms with Crippen LogP contribution < -0.4 is 5.32 Å². The van der Waals surface area contributed by atoms with Crippen molar-refractivity contribution in [2.75, 3.05) is 5.32 Å². The van der Waals surface area contributed by atoms with Gasteiger partial charge in [-0.1, -0.05) is 41.6 Å². The Morgan fingerprint density at radius 2 is 1.78 bits per heavy atom. The third kappa shape index (κ3) is 4.75. The highest BCUT2D eigenvalue weighted by atomic mass is 16.6. The summed E-state index contributed by atoms with van der Waals surface area (Å²) in [5.41, 5.74) is 1.12. The lowest BCUT2D eigenvalue weighted by Gasteiger charge is -2.08. The van der Waals surface area contributed by atoms with Gasteiger partial charge in [-0.15, -0.1) is 5.10 Å². The van der Waals surface area contributed by atoms with Crippen molar-refractivity contribution in [1.29, 1.82) is 0 Å². The maximum atomic E-state index is 12.4. The lowest BCUT2D eigenvalue weighted by molar-refractivity contribution is -0.384. The number of amides is 1. The zero-order valence-electron chi connectivity index (χ0n) is 16.7. The molecule has 0 aliphatic carbocycles. The van der Waals surface area contributed by atoms with Gasteiger partial charge in [-0.2, -0.15) is 0 Å². The highest BCUT2D eigenvalue weighted by molar-refractivity contribution is 6.02. The predicted molar refractivity (Wildman–Crippen MR) is 115 cm³/mol. The van der Waals surface area contributed by atoms with Gasteiger partial charge in [0.15, 0.2) is 0 Å². The maximum absolute atomic E-state index is 12.4. The predicted octanol–water partition coefficient (Wildman–Crippen LogP) is 3.34. The average Bonchev–Trinajstić information content (AvgIpc) is 3.25. The minimum Gasteiger partial charge on any atom is -0.455 e. The second-order valence-electron chi connectivity index (χ2n) is 6.86. The van der Waals surface area contributed by atoms with Crippen LogP contribution in [0, 0.1) is 10.1 Å². The Morgan fingerprint density at radius 1 is 1.03 bits per heavy atom. The highest BCUT2D eigenvalue weighted by Crippen LogP contribution is 2.22. The first-order valence-corrected chi connectivity index (χ1v) is 9.58. The van der Waals surface area contributed by atoms with Crippen LogP contribution in [0.2, 0.25) is 0 Å². The molecule has 0 aliphatic heterocycles. The molecule has 1 aromatic heterocycles. The van der Waals surface area contributed by atoms with E-state index in [-0.39, 0.29) is 30.3 Å². The molecule has 0 fully saturated rings. The first-order chi connectivity index (χ1) is 15.5. The number of ether oxygens (including phenoxy) is 1. The van der Waals surface area contributed by atoms with Crippen molar-refractivity contribution in [2.24, 2.45) is 0 Å². The SMILES string of the molecule is O=C(Cn1cc(COC(=O)c2ccc([N+](=O)[O-])cc2)nn1)Nc1cccc2ccccc12. The second kappa shape index (κ2) is 9.04. The fraction of sp³-hybridized carbons (Fsp3) is 0.0909. The number of rotatable bonds is 7. The highest BCUT2D eigenvalue weighted by Gasteiger charge is 2.13. The molecule has 0 saturated carbocycles. The van der Waals surface area contributed by atoms with Gasteiger partial charge in [0.25, 0.3) is 5.69 Å². The number of hydrogen-bond donors (Lipinski definition) is 1. The Labute approximate surface area is 181 Å². The van der Waals surface area contributed by atoms with Gasteiger partial charge >= 0.3 is 5.97 Å². The number of anilines is 1. The number of esters is 1. The van der Waals surface area contributed by atoms with Gasteiger partial charge in [0.2, 0.25) is 5.91 Å². The number of nitrogens with one attached hydrogen (secondary N) is 1. The molecule has 1 N–H and O–H groups in total. The van der Waals surface area contributed by atoms with E-state index in [1.807, 2.05) is 42.5 Å². The summed E-state index contributed by atoms with van der Waals surface area (Å²) in [6.45, 7) is -0.215. The largest absolute Gasteiger partial charge is 0.455 e. The van der Waals surface area contributed by atoms with E-state index in [1.165, 1.54) is 35.1 Å². The van der Waals surface area contributed by atoms with E-state index in [0.717, 1.165) is 10.8 Å². The Bertz CT molecular complexity index is 1290. The van der Waals surface area contributed by atoms with Crippen molar-refractivity contribution >= 4 is 34.0 Å². The number of non-ortho nitro benzene ring substituents is 1. The Hall–Kier alpha value is -4.60. The van der Waals surface area contributed by atoms with Gasteiger partial charge in [0.05, 0.1) is 16.7 Å². The quantitative estimate of drug-likeness (QED) is 0.270. The number of benzene rings is 3. The van der Waals surface area contributed by atoms with Crippen molar-refractivity contribution in [3.8, 4) is 0 Å². The number of carbonyl (C=O) groups is 2. The second-order valence-corrected chi connectivity index (χ2v) is 6.86. The minimum atomic E-state index is -0.650. The summed E-state index contributed by atoms with van der Waals surface area (Å²) in [6.07, 6.45) is 1.51. The molecule has 1 heterocycles. The van der Waals surface area contributed by atoms with E-state index in [4.69, 9.17) is 4.74 Å². The smallest absolute Gasteiger partial charge is 0.338 e. The Balaban J connectivity index is 1.33. The van der Waals surface area contributed by atoms with Crippen molar-refractivity contribution < 1.29 is 19.2 Å². The first-order valence-electron chi connectivity index (χ1n) is 9.58. The molecule has 4 aromatic rings. The van der Waals surface area contributed by atoms with Crippen LogP contribution in [-0.4, -0.2) is 31.8 Å². The molecule has 32 heavy (non-hydrogen) atoms. The van der Waals surface area contributed by atoms with E-state index >= 15 is 0 Å². The number of nitro groups is 1. The fourth-order valence-electron chi connectivity index (χ4n) is 3.10. The van der Waals surface area contributed by atoms with Crippen molar-refractivity contribution in [3.63, 3.8) is 0 Å². The van der Waals surface area contributed by atoms with Gasteiger partial charge in [0.1, 0.15) is 18.8 Å². The van der Waals surface area contributed by atoms with Gasteiger partial charge in [-0.3, -0.25) is 14.9 Å². The van der Waals surface area contributed by atoms with Crippen LogP contribution in [0.5, 0.6) is 0 Å². The molecule has 4 rings (SSSR count). The topological polar surface area (TPSA) is 129 Å². The van der Waals surface area contributed by atoms with Crippen LogP contribution in [-0.2, 0) is 22.7 Å². The summed E-state index contributed by atoms with van der Waals surface area (Å²) >= 11 is 0. The maximum Gasteiger partial charge on any atom is 0.338 e. The molecule has 10 heteroatoms. The lowest BCUT2D eigenvalue weighted by Crippen LogP contribution is -2.19. The number of hydrogen-bond acceptors (Lipinski definition) is 7. The third-order valence-electron chi connectivity index (χ3n) is 4.62.